The number of nitrogens with one attached hydrogen (secondary N) is 1. The van der Waals surface area contributed by atoms with Gasteiger partial charge in [-0.3, -0.25) is 9.69 Å². The minimum atomic E-state index is -0.0501. The lowest BCUT2D eigenvalue weighted by atomic mass is 10.1. The van der Waals surface area contributed by atoms with Gasteiger partial charge in [-0.25, -0.2) is 9.97 Å². The lowest BCUT2D eigenvalue weighted by Gasteiger charge is -2.27. The van der Waals surface area contributed by atoms with Crippen LogP contribution in [0.2, 0.25) is 4.47 Å². The van der Waals surface area contributed by atoms with Gasteiger partial charge < -0.3 is 4.98 Å². The Labute approximate surface area is 148 Å². The molecule has 0 bridgehead atoms. The fourth-order valence-electron chi connectivity index (χ4n) is 2.93. The number of rotatable bonds is 3. The first kappa shape index (κ1) is 15.5. The standard InChI is InChI=1S/C17H15ClN4OS/c18-17-19-8-12(24-17)9-22-7-6-14-13(10-22)16(23)21-15(20-14)11-4-2-1-3-5-11/h1-5,8H,6-7,9-10H2,(H,20,21,23). The maximum Gasteiger partial charge on any atom is 0.255 e. The smallest absolute Gasteiger partial charge is 0.255 e. The molecule has 1 aromatic carbocycles. The second-order valence-electron chi connectivity index (χ2n) is 5.75. The number of benzene rings is 1. The zero-order chi connectivity index (χ0) is 16.5. The van der Waals surface area contributed by atoms with E-state index in [1.807, 2.05) is 30.3 Å². The minimum Gasteiger partial charge on any atom is -0.306 e. The van der Waals surface area contributed by atoms with E-state index in [9.17, 15) is 4.79 Å². The summed E-state index contributed by atoms with van der Waals surface area (Å²) in [5, 5.41) is 0. The van der Waals surface area contributed by atoms with Crippen molar-refractivity contribution in [3.63, 3.8) is 0 Å². The topological polar surface area (TPSA) is 61.9 Å². The van der Waals surface area contributed by atoms with Crippen LogP contribution in [-0.2, 0) is 19.5 Å². The summed E-state index contributed by atoms with van der Waals surface area (Å²) in [6, 6.07) is 9.73. The molecule has 0 fully saturated rings. The monoisotopic (exact) mass is 358 g/mol. The summed E-state index contributed by atoms with van der Waals surface area (Å²) in [4.78, 5) is 27.5. The van der Waals surface area contributed by atoms with Gasteiger partial charge in [0, 0.05) is 42.7 Å². The number of fused-ring (bicyclic) bond motifs is 1. The third-order valence-electron chi connectivity index (χ3n) is 4.10. The van der Waals surface area contributed by atoms with Crippen molar-refractivity contribution in [3.8, 4) is 11.4 Å². The van der Waals surface area contributed by atoms with E-state index in [-0.39, 0.29) is 5.56 Å². The van der Waals surface area contributed by atoms with Crippen molar-refractivity contribution in [1.82, 2.24) is 19.9 Å². The molecular weight excluding hydrogens is 344 g/mol. The molecule has 1 aliphatic heterocycles. The molecule has 0 saturated carbocycles. The number of aromatic nitrogens is 3. The number of aromatic amines is 1. The van der Waals surface area contributed by atoms with Crippen molar-refractivity contribution in [3.05, 3.63) is 67.5 Å². The first-order valence-corrected chi connectivity index (χ1v) is 8.88. The van der Waals surface area contributed by atoms with E-state index in [0.717, 1.165) is 41.2 Å². The highest BCUT2D eigenvalue weighted by Gasteiger charge is 2.22. The first-order valence-electron chi connectivity index (χ1n) is 7.69. The second-order valence-corrected chi connectivity index (χ2v) is 7.44. The van der Waals surface area contributed by atoms with Crippen LogP contribution in [0, 0.1) is 0 Å². The molecule has 122 valence electrons. The molecule has 0 saturated heterocycles. The zero-order valence-corrected chi connectivity index (χ0v) is 14.4. The van der Waals surface area contributed by atoms with Crippen LogP contribution in [-0.4, -0.2) is 26.4 Å². The normalized spacial score (nSPS) is 14.5. The molecule has 0 unspecified atom stereocenters. The SMILES string of the molecule is O=c1[nH]c(-c2ccccc2)nc2c1CN(Cc1cnc(Cl)s1)CC2. The molecule has 0 amide bonds. The maximum atomic E-state index is 12.5. The predicted octanol–water partition coefficient (Wildman–Crippen LogP) is 3.11. The summed E-state index contributed by atoms with van der Waals surface area (Å²) in [6.07, 6.45) is 2.56. The Morgan fingerprint density at radius 1 is 1.29 bits per heavy atom. The van der Waals surface area contributed by atoms with Gasteiger partial charge in [-0.15, -0.1) is 11.3 Å². The molecule has 1 aliphatic rings. The Balaban J connectivity index is 1.59. The molecule has 7 heteroatoms. The summed E-state index contributed by atoms with van der Waals surface area (Å²) < 4.78 is 0.550. The lowest BCUT2D eigenvalue weighted by molar-refractivity contribution is 0.244. The van der Waals surface area contributed by atoms with Crippen LogP contribution >= 0.6 is 22.9 Å². The highest BCUT2D eigenvalue weighted by molar-refractivity contribution is 7.15. The molecule has 24 heavy (non-hydrogen) atoms. The average molecular weight is 359 g/mol. The van der Waals surface area contributed by atoms with Crippen molar-refractivity contribution in [2.75, 3.05) is 6.54 Å². The van der Waals surface area contributed by atoms with Crippen LogP contribution in [0.3, 0.4) is 0 Å². The summed E-state index contributed by atoms with van der Waals surface area (Å²) >= 11 is 7.36. The van der Waals surface area contributed by atoms with Crippen LogP contribution in [0.1, 0.15) is 16.1 Å². The van der Waals surface area contributed by atoms with Crippen LogP contribution < -0.4 is 5.56 Å². The van der Waals surface area contributed by atoms with Crippen molar-refractivity contribution in [1.29, 1.82) is 0 Å². The average Bonchev–Trinajstić information content (AvgIpc) is 3.01. The Kier molecular flexibility index (Phi) is 4.18. The van der Waals surface area contributed by atoms with Crippen LogP contribution in [0.4, 0.5) is 0 Å². The van der Waals surface area contributed by atoms with Crippen LogP contribution in [0.5, 0.6) is 0 Å². The molecule has 5 nitrogen and oxygen atoms in total. The van der Waals surface area contributed by atoms with E-state index in [1.54, 1.807) is 6.20 Å². The Hall–Kier alpha value is -2.02. The van der Waals surface area contributed by atoms with Gasteiger partial charge in [0.1, 0.15) is 5.82 Å². The summed E-state index contributed by atoms with van der Waals surface area (Å²) in [5.41, 5.74) is 2.54. The number of thiazole rings is 1. The third-order valence-corrected chi connectivity index (χ3v) is 5.20. The number of hydrogen-bond acceptors (Lipinski definition) is 5. The molecule has 3 heterocycles. The van der Waals surface area contributed by atoms with Crippen molar-refractivity contribution in [2.24, 2.45) is 0 Å². The van der Waals surface area contributed by atoms with Gasteiger partial charge in [0.15, 0.2) is 4.47 Å². The predicted molar refractivity (Wildman–Crippen MR) is 95.2 cm³/mol. The van der Waals surface area contributed by atoms with Gasteiger partial charge in [0.2, 0.25) is 0 Å². The van der Waals surface area contributed by atoms with E-state index in [0.29, 0.717) is 16.8 Å². The molecule has 2 aromatic heterocycles. The van der Waals surface area contributed by atoms with E-state index in [4.69, 9.17) is 11.6 Å². The minimum absolute atomic E-state index is 0.0501. The fraction of sp³-hybridized carbons (Fsp3) is 0.235. The molecule has 0 aliphatic carbocycles. The fourth-order valence-corrected chi connectivity index (χ4v) is 3.95. The van der Waals surface area contributed by atoms with Gasteiger partial charge in [-0.05, 0) is 0 Å². The summed E-state index contributed by atoms with van der Waals surface area (Å²) in [6.45, 7) is 2.22. The van der Waals surface area contributed by atoms with Crippen LogP contribution in [0.15, 0.2) is 41.3 Å². The Bertz CT molecular complexity index is 922. The number of nitrogens with zero attached hydrogens (tertiary/aromatic N) is 3. The number of H-pyrrole nitrogens is 1. The molecule has 1 N–H and O–H groups in total. The molecule has 0 spiro atoms. The zero-order valence-electron chi connectivity index (χ0n) is 12.8. The highest BCUT2D eigenvalue weighted by atomic mass is 35.5. The van der Waals surface area contributed by atoms with E-state index in [1.165, 1.54) is 11.3 Å². The van der Waals surface area contributed by atoms with Crippen molar-refractivity contribution < 1.29 is 0 Å². The number of halogens is 1. The second kappa shape index (κ2) is 6.47. The molecule has 0 atom stereocenters. The summed E-state index contributed by atoms with van der Waals surface area (Å²) in [7, 11) is 0. The maximum absolute atomic E-state index is 12.5. The number of hydrogen-bond donors (Lipinski definition) is 1. The van der Waals surface area contributed by atoms with Crippen molar-refractivity contribution >= 4 is 22.9 Å². The largest absolute Gasteiger partial charge is 0.306 e. The van der Waals surface area contributed by atoms with Gasteiger partial charge in [-0.1, -0.05) is 41.9 Å². The molecule has 3 aromatic rings. The Morgan fingerprint density at radius 2 is 2.12 bits per heavy atom. The van der Waals surface area contributed by atoms with Gasteiger partial charge in [0.25, 0.3) is 5.56 Å². The Morgan fingerprint density at radius 3 is 2.88 bits per heavy atom. The first-order chi connectivity index (χ1) is 11.7. The van der Waals surface area contributed by atoms with Crippen LogP contribution in [0.25, 0.3) is 11.4 Å². The highest BCUT2D eigenvalue weighted by Crippen LogP contribution is 2.23. The molecular formula is C17H15ClN4OS. The van der Waals surface area contributed by atoms with Crippen molar-refractivity contribution in [2.45, 2.75) is 19.5 Å². The quantitative estimate of drug-likeness (QED) is 0.781. The van der Waals surface area contributed by atoms with E-state index >= 15 is 0 Å². The van der Waals surface area contributed by atoms with E-state index < -0.39 is 0 Å². The van der Waals surface area contributed by atoms with Gasteiger partial charge in [-0.2, -0.15) is 0 Å². The summed E-state index contributed by atoms with van der Waals surface area (Å²) in [5.74, 6) is 0.641. The lowest BCUT2D eigenvalue weighted by Crippen LogP contribution is -2.35. The van der Waals surface area contributed by atoms with Gasteiger partial charge >= 0.3 is 0 Å². The molecule has 4 rings (SSSR count). The third kappa shape index (κ3) is 3.13. The van der Waals surface area contributed by atoms with Gasteiger partial charge in [0.05, 0.1) is 11.3 Å². The van der Waals surface area contributed by atoms with E-state index in [2.05, 4.69) is 19.9 Å². The molecule has 0 radical (unpaired) electrons.